The number of benzene rings is 1. The summed E-state index contributed by atoms with van der Waals surface area (Å²) in [5, 5.41) is 3.58. The van der Waals surface area contributed by atoms with Gasteiger partial charge < -0.3 is 15.1 Å². The molecule has 1 heterocycles. The van der Waals surface area contributed by atoms with Crippen LogP contribution in [0.15, 0.2) is 29.3 Å². The highest BCUT2D eigenvalue weighted by Crippen LogP contribution is 2.31. The molecule has 0 radical (unpaired) electrons. The topological polar surface area (TPSA) is 30.9 Å². The number of hydrogen-bond acceptors (Lipinski definition) is 2. The Morgan fingerprint density at radius 2 is 1.92 bits per heavy atom. The van der Waals surface area contributed by atoms with Crippen LogP contribution in [0.5, 0.6) is 0 Å². The predicted molar refractivity (Wildman–Crippen MR) is 101 cm³/mol. The summed E-state index contributed by atoms with van der Waals surface area (Å²) >= 11 is 0. The van der Waals surface area contributed by atoms with Gasteiger partial charge in [0.15, 0.2) is 5.96 Å². The molecule has 2 aliphatic rings. The number of rotatable bonds is 6. The minimum atomic E-state index is 0.764. The molecule has 24 heavy (non-hydrogen) atoms. The van der Waals surface area contributed by atoms with Gasteiger partial charge in [0.2, 0.25) is 0 Å². The van der Waals surface area contributed by atoms with Gasteiger partial charge in [-0.15, -0.1) is 0 Å². The quantitative estimate of drug-likeness (QED) is 0.643. The van der Waals surface area contributed by atoms with E-state index in [1.807, 2.05) is 7.05 Å². The van der Waals surface area contributed by atoms with Crippen molar-refractivity contribution in [3.8, 4) is 0 Å². The largest absolute Gasteiger partial charge is 0.356 e. The molecule has 3 rings (SSSR count). The van der Waals surface area contributed by atoms with Crippen molar-refractivity contribution in [2.24, 2.45) is 10.9 Å². The number of likely N-dealkylation sites (tertiary alicyclic amines) is 1. The molecule has 1 aliphatic heterocycles. The van der Waals surface area contributed by atoms with Gasteiger partial charge in [0, 0.05) is 39.8 Å². The van der Waals surface area contributed by atoms with E-state index in [9.17, 15) is 0 Å². The van der Waals surface area contributed by atoms with Gasteiger partial charge in [-0.2, -0.15) is 0 Å². The van der Waals surface area contributed by atoms with Gasteiger partial charge in [-0.1, -0.05) is 31.2 Å². The Kier molecular flexibility index (Phi) is 5.77. The molecular formula is C20H32N4. The Morgan fingerprint density at radius 3 is 2.54 bits per heavy atom. The zero-order valence-corrected chi connectivity index (χ0v) is 15.5. The van der Waals surface area contributed by atoms with Crippen molar-refractivity contribution in [2.45, 2.75) is 45.2 Å². The van der Waals surface area contributed by atoms with E-state index in [-0.39, 0.29) is 0 Å². The zero-order chi connectivity index (χ0) is 16.9. The van der Waals surface area contributed by atoms with E-state index in [0.29, 0.717) is 0 Å². The Balaban J connectivity index is 1.46. The second-order valence-electron chi connectivity index (χ2n) is 7.34. The van der Waals surface area contributed by atoms with E-state index >= 15 is 0 Å². The van der Waals surface area contributed by atoms with E-state index in [0.717, 1.165) is 37.4 Å². The molecule has 2 fully saturated rings. The number of aryl methyl sites for hydroxylation is 1. The van der Waals surface area contributed by atoms with Crippen LogP contribution >= 0.6 is 0 Å². The van der Waals surface area contributed by atoms with Gasteiger partial charge >= 0.3 is 0 Å². The summed E-state index contributed by atoms with van der Waals surface area (Å²) < 4.78 is 0. The first kappa shape index (κ1) is 17.3. The molecule has 1 saturated carbocycles. The smallest absolute Gasteiger partial charge is 0.193 e. The number of hydrogen-bond donors (Lipinski definition) is 1. The van der Waals surface area contributed by atoms with Crippen molar-refractivity contribution in [1.29, 1.82) is 0 Å². The summed E-state index contributed by atoms with van der Waals surface area (Å²) in [6.45, 7) is 6.67. The fourth-order valence-electron chi connectivity index (χ4n) is 3.65. The third-order valence-corrected chi connectivity index (χ3v) is 5.35. The summed E-state index contributed by atoms with van der Waals surface area (Å²) in [4.78, 5) is 9.35. The monoisotopic (exact) mass is 328 g/mol. The number of nitrogens with one attached hydrogen (secondary N) is 1. The van der Waals surface area contributed by atoms with Gasteiger partial charge in [0.1, 0.15) is 0 Å². The zero-order valence-electron chi connectivity index (χ0n) is 15.5. The molecule has 1 saturated heterocycles. The second-order valence-corrected chi connectivity index (χ2v) is 7.34. The first-order chi connectivity index (χ1) is 11.7. The van der Waals surface area contributed by atoms with Crippen molar-refractivity contribution in [3.63, 3.8) is 0 Å². The molecule has 1 unspecified atom stereocenters. The highest BCUT2D eigenvalue weighted by Gasteiger charge is 2.34. The van der Waals surface area contributed by atoms with Crippen molar-refractivity contribution in [1.82, 2.24) is 15.1 Å². The highest BCUT2D eigenvalue weighted by molar-refractivity contribution is 5.79. The molecule has 1 N–H and O–H groups in total. The van der Waals surface area contributed by atoms with Gasteiger partial charge in [0.25, 0.3) is 0 Å². The lowest BCUT2D eigenvalue weighted by Gasteiger charge is -2.24. The van der Waals surface area contributed by atoms with Crippen LogP contribution in [0.1, 0.15) is 37.3 Å². The minimum absolute atomic E-state index is 0.764. The molecule has 4 nitrogen and oxygen atoms in total. The van der Waals surface area contributed by atoms with Crippen LogP contribution in [-0.2, 0) is 13.0 Å². The van der Waals surface area contributed by atoms with Crippen LogP contribution in [0.2, 0.25) is 0 Å². The predicted octanol–water partition coefficient (Wildman–Crippen LogP) is 2.74. The lowest BCUT2D eigenvalue weighted by molar-refractivity contribution is 0.313. The Labute approximate surface area is 146 Å². The van der Waals surface area contributed by atoms with Crippen molar-refractivity contribution in [3.05, 3.63) is 35.4 Å². The first-order valence-electron chi connectivity index (χ1n) is 9.43. The molecule has 0 spiro atoms. The SMILES string of the molecule is CCc1ccc(CN(C)C(=NC)NCC2CCN(C3CC3)C2)cc1. The fourth-order valence-corrected chi connectivity index (χ4v) is 3.65. The van der Waals surface area contributed by atoms with E-state index < -0.39 is 0 Å². The average molecular weight is 329 g/mol. The van der Waals surface area contributed by atoms with Crippen LogP contribution in [0, 0.1) is 5.92 Å². The maximum absolute atomic E-state index is 4.46. The molecular weight excluding hydrogens is 296 g/mol. The Morgan fingerprint density at radius 1 is 1.21 bits per heavy atom. The Bertz CT molecular complexity index is 547. The maximum Gasteiger partial charge on any atom is 0.193 e. The number of nitrogens with zero attached hydrogens (tertiary/aromatic N) is 3. The standard InChI is InChI=1S/C20H32N4/c1-4-16-5-7-17(8-6-16)14-23(3)20(21-2)22-13-18-11-12-24(15-18)19-9-10-19/h5-8,18-19H,4,9-15H2,1-3H3,(H,21,22). The molecule has 0 bridgehead atoms. The van der Waals surface area contributed by atoms with E-state index in [1.54, 1.807) is 0 Å². The molecule has 1 atom stereocenters. The normalized spacial score (nSPS) is 22.0. The van der Waals surface area contributed by atoms with Gasteiger partial charge in [-0.3, -0.25) is 4.99 Å². The van der Waals surface area contributed by atoms with Crippen molar-refractivity contribution in [2.75, 3.05) is 33.7 Å². The van der Waals surface area contributed by atoms with Crippen LogP contribution < -0.4 is 5.32 Å². The first-order valence-corrected chi connectivity index (χ1v) is 9.43. The lowest BCUT2D eigenvalue weighted by Crippen LogP contribution is -2.41. The maximum atomic E-state index is 4.46. The minimum Gasteiger partial charge on any atom is -0.356 e. The van der Waals surface area contributed by atoms with Crippen LogP contribution in [-0.4, -0.2) is 55.5 Å². The number of guanidine groups is 1. The van der Waals surface area contributed by atoms with E-state index in [2.05, 4.69) is 58.3 Å². The van der Waals surface area contributed by atoms with Gasteiger partial charge in [0.05, 0.1) is 0 Å². The van der Waals surface area contributed by atoms with Crippen LogP contribution in [0.4, 0.5) is 0 Å². The van der Waals surface area contributed by atoms with Crippen molar-refractivity contribution >= 4 is 5.96 Å². The Hall–Kier alpha value is -1.55. The lowest BCUT2D eigenvalue weighted by atomic mass is 10.1. The van der Waals surface area contributed by atoms with E-state index in [1.165, 1.54) is 43.5 Å². The molecule has 0 aromatic heterocycles. The molecule has 1 aromatic rings. The second kappa shape index (κ2) is 8.02. The highest BCUT2D eigenvalue weighted by atomic mass is 15.3. The van der Waals surface area contributed by atoms with Gasteiger partial charge in [-0.25, -0.2) is 0 Å². The summed E-state index contributed by atoms with van der Waals surface area (Å²) in [5.74, 6) is 1.76. The van der Waals surface area contributed by atoms with Crippen LogP contribution in [0.25, 0.3) is 0 Å². The molecule has 1 aromatic carbocycles. The summed E-state index contributed by atoms with van der Waals surface area (Å²) in [5.41, 5.74) is 2.73. The fraction of sp³-hybridized carbons (Fsp3) is 0.650. The third-order valence-electron chi connectivity index (χ3n) is 5.35. The van der Waals surface area contributed by atoms with Crippen molar-refractivity contribution < 1.29 is 0 Å². The average Bonchev–Trinajstić information content (AvgIpc) is 3.35. The third kappa shape index (κ3) is 4.50. The number of aliphatic imine (C=N–C) groups is 1. The van der Waals surface area contributed by atoms with E-state index in [4.69, 9.17) is 0 Å². The molecule has 0 amide bonds. The molecule has 4 heteroatoms. The van der Waals surface area contributed by atoms with Gasteiger partial charge in [-0.05, 0) is 49.3 Å². The molecule has 132 valence electrons. The summed E-state index contributed by atoms with van der Waals surface area (Å²) in [6, 6.07) is 9.82. The molecule has 1 aliphatic carbocycles. The summed E-state index contributed by atoms with van der Waals surface area (Å²) in [6.07, 6.45) is 5.25. The summed E-state index contributed by atoms with van der Waals surface area (Å²) in [7, 11) is 4.00. The van der Waals surface area contributed by atoms with Crippen LogP contribution in [0.3, 0.4) is 0 Å².